The van der Waals surface area contributed by atoms with Crippen LogP contribution in [0.25, 0.3) is 11.0 Å². The fourth-order valence-corrected chi connectivity index (χ4v) is 3.02. The van der Waals surface area contributed by atoms with E-state index in [0.29, 0.717) is 5.75 Å². The van der Waals surface area contributed by atoms with Crippen molar-refractivity contribution in [2.45, 2.75) is 12.8 Å². The predicted octanol–water partition coefficient (Wildman–Crippen LogP) is 2.17. The van der Waals surface area contributed by atoms with Gasteiger partial charge < -0.3 is 20.1 Å². The van der Waals surface area contributed by atoms with Crippen molar-refractivity contribution < 1.29 is 19.4 Å². The highest BCUT2D eigenvalue weighted by Gasteiger charge is 2.21. The summed E-state index contributed by atoms with van der Waals surface area (Å²) in [6.07, 6.45) is 3.86. The third-order valence-electron chi connectivity index (χ3n) is 4.44. The SMILES string of the molecule is COc1ccccc1CC(CNC(=O)Cc1c[nH]c2ncccc12)C(=O)O. The van der Waals surface area contributed by atoms with E-state index >= 15 is 0 Å². The van der Waals surface area contributed by atoms with Crippen LogP contribution in [0.4, 0.5) is 0 Å². The lowest BCUT2D eigenvalue weighted by molar-refractivity contribution is -0.141. The topological polar surface area (TPSA) is 104 Å². The van der Waals surface area contributed by atoms with Crippen molar-refractivity contribution in [3.05, 3.63) is 59.9 Å². The maximum Gasteiger partial charge on any atom is 0.308 e. The Morgan fingerprint density at radius 3 is 2.81 bits per heavy atom. The first-order valence-electron chi connectivity index (χ1n) is 8.61. The maximum atomic E-state index is 12.3. The van der Waals surface area contributed by atoms with E-state index in [0.717, 1.165) is 22.2 Å². The van der Waals surface area contributed by atoms with Gasteiger partial charge in [-0.2, -0.15) is 0 Å². The van der Waals surface area contributed by atoms with E-state index in [2.05, 4.69) is 15.3 Å². The summed E-state index contributed by atoms with van der Waals surface area (Å²) >= 11 is 0. The molecule has 2 aromatic heterocycles. The molecule has 0 radical (unpaired) electrons. The van der Waals surface area contributed by atoms with Gasteiger partial charge >= 0.3 is 5.97 Å². The number of H-pyrrole nitrogens is 1. The monoisotopic (exact) mass is 367 g/mol. The first-order valence-corrected chi connectivity index (χ1v) is 8.61. The van der Waals surface area contributed by atoms with Crippen LogP contribution in [0.3, 0.4) is 0 Å². The third kappa shape index (κ3) is 4.44. The Kier molecular flexibility index (Phi) is 5.71. The quantitative estimate of drug-likeness (QED) is 0.566. The van der Waals surface area contributed by atoms with Crippen molar-refractivity contribution >= 4 is 22.9 Å². The molecule has 3 aromatic rings. The largest absolute Gasteiger partial charge is 0.496 e. The maximum absolute atomic E-state index is 12.3. The second kappa shape index (κ2) is 8.35. The number of fused-ring (bicyclic) bond motifs is 1. The molecule has 3 N–H and O–H groups in total. The van der Waals surface area contributed by atoms with Gasteiger partial charge in [0.1, 0.15) is 11.4 Å². The Bertz CT molecular complexity index is 951. The summed E-state index contributed by atoms with van der Waals surface area (Å²) in [7, 11) is 1.55. The van der Waals surface area contributed by atoms with Crippen molar-refractivity contribution in [3.8, 4) is 5.75 Å². The molecule has 140 valence electrons. The van der Waals surface area contributed by atoms with Gasteiger partial charge in [0.05, 0.1) is 19.4 Å². The van der Waals surface area contributed by atoms with Crippen molar-refractivity contribution in [3.63, 3.8) is 0 Å². The van der Waals surface area contributed by atoms with Crippen molar-refractivity contribution in [1.82, 2.24) is 15.3 Å². The number of aliphatic carboxylic acids is 1. The van der Waals surface area contributed by atoms with Crippen LogP contribution in [0.15, 0.2) is 48.8 Å². The number of methoxy groups -OCH3 is 1. The Labute approximate surface area is 156 Å². The van der Waals surface area contributed by atoms with Crippen LogP contribution in [-0.2, 0) is 22.4 Å². The summed E-state index contributed by atoms with van der Waals surface area (Å²) in [6, 6.07) is 11.0. The highest BCUT2D eigenvalue weighted by molar-refractivity contribution is 5.87. The molecule has 1 atom stereocenters. The van der Waals surface area contributed by atoms with Gasteiger partial charge in [0.15, 0.2) is 0 Å². The molecule has 1 unspecified atom stereocenters. The van der Waals surface area contributed by atoms with Crippen LogP contribution in [0.1, 0.15) is 11.1 Å². The highest BCUT2D eigenvalue weighted by atomic mass is 16.5. The molecule has 0 aliphatic carbocycles. The van der Waals surface area contributed by atoms with E-state index in [1.165, 1.54) is 0 Å². The number of ether oxygens (including phenoxy) is 1. The second-order valence-corrected chi connectivity index (χ2v) is 6.25. The van der Waals surface area contributed by atoms with Crippen LogP contribution >= 0.6 is 0 Å². The summed E-state index contributed by atoms with van der Waals surface area (Å²) in [4.78, 5) is 31.1. The molecule has 1 amide bonds. The summed E-state index contributed by atoms with van der Waals surface area (Å²) in [6.45, 7) is 0.0484. The smallest absolute Gasteiger partial charge is 0.308 e. The molecular weight excluding hydrogens is 346 g/mol. The van der Waals surface area contributed by atoms with Crippen LogP contribution in [0.5, 0.6) is 5.75 Å². The molecule has 0 fully saturated rings. The lowest BCUT2D eigenvalue weighted by Crippen LogP contribution is -2.35. The number of amides is 1. The molecule has 27 heavy (non-hydrogen) atoms. The van der Waals surface area contributed by atoms with E-state index in [9.17, 15) is 14.7 Å². The van der Waals surface area contributed by atoms with Crippen LogP contribution in [0.2, 0.25) is 0 Å². The Hall–Kier alpha value is -3.35. The van der Waals surface area contributed by atoms with Crippen LogP contribution < -0.4 is 10.1 Å². The van der Waals surface area contributed by atoms with E-state index in [4.69, 9.17) is 4.74 Å². The van der Waals surface area contributed by atoms with Gasteiger partial charge in [0, 0.05) is 24.3 Å². The fraction of sp³-hybridized carbons (Fsp3) is 0.250. The number of carboxylic acids is 1. The first kappa shape index (κ1) is 18.4. The normalized spacial score (nSPS) is 11.9. The summed E-state index contributed by atoms with van der Waals surface area (Å²) in [5.41, 5.74) is 2.34. The number of carbonyl (C=O) groups is 2. The first-order chi connectivity index (χ1) is 13.1. The van der Waals surface area contributed by atoms with Gasteiger partial charge in [-0.15, -0.1) is 0 Å². The van der Waals surface area contributed by atoms with E-state index in [-0.39, 0.29) is 25.3 Å². The molecule has 1 aromatic carbocycles. The number of pyridine rings is 1. The van der Waals surface area contributed by atoms with Gasteiger partial charge in [0.2, 0.25) is 5.91 Å². The molecular formula is C20H21N3O4. The predicted molar refractivity (Wildman–Crippen MR) is 101 cm³/mol. The number of nitrogens with zero attached hydrogens (tertiary/aromatic N) is 1. The summed E-state index contributed by atoms with van der Waals surface area (Å²) in [5, 5.41) is 13.1. The number of hydrogen-bond acceptors (Lipinski definition) is 4. The van der Waals surface area contributed by atoms with Crippen LogP contribution in [0, 0.1) is 5.92 Å². The molecule has 7 heteroatoms. The number of carbonyl (C=O) groups excluding carboxylic acids is 1. The number of nitrogens with one attached hydrogen (secondary N) is 2. The number of aromatic amines is 1. The number of benzene rings is 1. The molecule has 0 saturated carbocycles. The standard InChI is InChI=1S/C20H21N3O4/c1-27-17-7-3-2-5-13(17)9-15(20(25)26)12-22-18(24)10-14-11-23-19-16(14)6-4-8-21-19/h2-8,11,15H,9-10,12H2,1H3,(H,21,23)(H,22,24)(H,25,26). The van der Waals surface area contributed by atoms with Gasteiger partial charge in [-0.1, -0.05) is 18.2 Å². The van der Waals surface area contributed by atoms with Crippen molar-refractivity contribution in [2.75, 3.05) is 13.7 Å². The number of aromatic nitrogens is 2. The zero-order valence-corrected chi connectivity index (χ0v) is 14.9. The van der Waals surface area contributed by atoms with Gasteiger partial charge in [-0.25, -0.2) is 4.98 Å². The van der Waals surface area contributed by atoms with E-state index in [1.54, 1.807) is 25.6 Å². The Morgan fingerprint density at radius 1 is 1.22 bits per heavy atom. The Balaban J connectivity index is 1.62. The third-order valence-corrected chi connectivity index (χ3v) is 4.44. The molecule has 0 aliphatic heterocycles. The molecule has 0 bridgehead atoms. The molecule has 7 nitrogen and oxygen atoms in total. The average molecular weight is 367 g/mol. The van der Waals surface area contributed by atoms with Gasteiger partial charge in [-0.05, 0) is 35.7 Å². The van der Waals surface area contributed by atoms with Crippen molar-refractivity contribution in [1.29, 1.82) is 0 Å². The molecule has 0 aliphatic rings. The van der Waals surface area contributed by atoms with Gasteiger partial charge in [0.25, 0.3) is 0 Å². The number of carboxylic acid groups (broad SMARTS) is 1. The minimum atomic E-state index is -0.961. The minimum absolute atomic E-state index is 0.0484. The summed E-state index contributed by atoms with van der Waals surface area (Å²) < 4.78 is 5.27. The zero-order chi connectivity index (χ0) is 19.2. The van der Waals surface area contributed by atoms with E-state index in [1.807, 2.05) is 30.3 Å². The Morgan fingerprint density at radius 2 is 2.04 bits per heavy atom. The lowest BCUT2D eigenvalue weighted by atomic mass is 9.98. The number of rotatable bonds is 8. The highest BCUT2D eigenvalue weighted by Crippen LogP contribution is 2.21. The molecule has 0 spiro atoms. The minimum Gasteiger partial charge on any atom is -0.496 e. The zero-order valence-electron chi connectivity index (χ0n) is 14.9. The lowest BCUT2D eigenvalue weighted by Gasteiger charge is -2.15. The number of para-hydroxylation sites is 1. The summed E-state index contributed by atoms with van der Waals surface area (Å²) in [5.74, 6) is -1.29. The molecule has 2 heterocycles. The molecule has 3 rings (SSSR count). The average Bonchev–Trinajstić information content (AvgIpc) is 3.08. The van der Waals surface area contributed by atoms with Crippen molar-refractivity contribution in [2.24, 2.45) is 5.92 Å². The molecule has 0 saturated heterocycles. The fourth-order valence-electron chi connectivity index (χ4n) is 3.02. The van der Waals surface area contributed by atoms with Crippen LogP contribution in [-0.4, -0.2) is 40.6 Å². The van der Waals surface area contributed by atoms with E-state index < -0.39 is 11.9 Å². The second-order valence-electron chi connectivity index (χ2n) is 6.25. The number of hydrogen-bond donors (Lipinski definition) is 3. The van der Waals surface area contributed by atoms with Gasteiger partial charge in [-0.3, -0.25) is 9.59 Å².